The minimum atomic E-state index is 0.547. The lowest BCUT2D eigenvalue weighted by molar-refractivity contribution is 0.426. The zero-order chi connectivity index (χ0) is 12.2. The van der Waals surface area contributed by atoms with Gasteiger partial charge in [0.1, 0.15) is 0 Å². The Balaban J connectivity index is 1.36. The van der Waals surface area contributed by atoms with Crippen LogP contribution in [0.1, 0.15) is 11.1 Å². The molecule has 0 aromatic heterocycles. The number of rotatable bonds is 8. The van der Waals surface area contributed by atoms with Gasteiger partial charge in [-0.2, -0.15) is 35.3 Å². The molecule has 2 atom stereocenters. The second-order valence-corrected chi connectivity index (χ2v) is 8.15. The van der Waals surface area contributed by atoms with Crippen LogP contribution in [0.5, 0.6) is 0 Å². The van der Waals surface area contributed by atoms with Crippen molar-refractivity contribution in [2.75, 3.05) is 23.9 Å². The summed E-state index contributed by atoms with van der Waals surface area (Å²) in [6, 6.07) is 9.14. The molecule has 2 unspecified atom stereocenters. The van der Waals surface area contributed by atoms with Crippen LogP contribution in [0.3, 0.4) is 0 Å². The average molecular weight is 298 g/mol. The predicted octanol–water partition coefficient (Wildman–Crippen LogP) is 3.67. The molecular weight excluding hydrogens is 280 g/mol. The molecule has 18 heavy (non-hydrogen) atoms. The van der Waals surface area contributed by atoms with E-state index < -0.39 is 0 Å². The molecule has 2 fully saturated rings. The van der Waals surface area contributed by atoms with Gasteiger partial charge in [0.05, 0.1) is 12.7 Å². The van der Waals surface area contributed by atoms with Gasteiger partial charge in [-0.05, 0) is 11.1 Å². The fraction of sp³-hybridized carbons (Fsp3) is 0.571. The van der Waals surface area contributed by atoms with Crippen molar-refractivity contribution >= 4 is 35.3 Å². The minimum Gasteiger partial charge on any atom is -0.372 e. The molecule has 0 amide bonds. The molecular formula is C14H18OS3. The Morgan fingerprint density at radius 1 is 1.06 bits per heavy atom. The van der Waals surface area contributed by atoms with Crippen LogP contribution in [0.25, 0.3) is 0 Å². The first-order valence-corrected chi connectivity index (χ1v) is 9.72. The van der Waals surface area contributed by atoms with Crippen molar-refractivity contribution in [3.8, 4) is 0 Å². The minimum absolute atomic E-state index is 0.547. The van der Waals surface area contributed by atoms with E-state index in [-0.39, 0.29) is 0 Å². The highest BCUT2D eigenvalue weighted by atomic mass is 32.2. The SMILES string of the molecule is c1cc(CSCC2CS2)ccc1CSCC1CO1. The largest absolute Gasteiger partial charge is 0.372 e. The van der Waals surface area contributed by atoms with Crippen molar-refractivity contribution < 1.29 is 4.74 Å². The van der Waals surface area contributed by atoms with Gasteiger partial charge in [-0.15, -0.1) is 0 Å². The summed E-state index contributed by atoms with van der Waals surface area (Å²) in [7, 11) is 0. The maximum Gasteiger partial charge on any atom is 0.0900 e. The Bertz CT molecular complexity index is 334. The molecule has 2 heterocycles. The zero-order valence-corrected chi connectivity index (χ0v) is 12.8. The molecule has 0 saturated carbocycles. The third-order valence-corrected chi connectivity index (χ3v) is 6.48. The third kappa shape index (κ3) is 4.72. The standard InChI is InChI=1S/C14H18OS3/c1-3-12(7-17-9-14-10-18-14)4-2-11(1)6-16-8-13-5-15-13/h1-4,13-14H,5-10H2. The molecule has 0 aliphatic carbocycles. The monoisotopic (exact) mass is 298 g/mol. The predicted molar refractivity (Wildman–Crippen MR) is 84.8 cm³/mol. The first-order valence-electron chi connectivity index (χ1n) is 6.36. The van der Waals surface area contributed by atoms with Crippen LogP contribution in [0.2, 0.25) is 0 Å². The van der Waals surface area contributed by atoms with E-state index in [0.717, 1.165) is 23.4 Å². The van der Waals surface area contributed by atoms with E-state index in [4.69, 9.17) is 4.74 Å². The van der Waals surface area contributed by atoms with Gasteiger partial charge in [-0.25, -0.2) is 0 Å². The second kappa shape index (κ2) is 6.60. The van der Waals surface area contributed by atoms with Crippen LogP contribution in [0, 0.1) is 0 Å². The Morgan fingerprint density at radius 3 is 2.11 bits per heavy atom. The number of hydrogen-bond acceptors (Lipinski definition) is 4. The Labute approximate surface area is 122 Å². The molecule has 0 N–H and O–H groups in total. The molecule has 0 radical (unpaired) electrons. The number of epoxide rings is 1. The first kappa shape index (κ1) is 13.2. The molecule has 1 aromatic carbocycles. The van der Waals surface area contributed by atoms with Crippen molar-refractivity contribution in [3.05, 3.63) is 35.4 Å². The van der Waals surface area contributed by atoms with Gasteiger partial charge in [0, 0.05) is 34.0 Å². The Hall–Kier alpha value is 0.230. The van der Waals surface area contributed by atoms with Crippen LogP contribution < -0.4 is 0 Å². The first-order chi connectivity index (χ1) is 8.90. The van der Waals surface area contributed by atoms with E-state index >= 15 is 0 Å². The summed E-state index contributed by atoms with van der Waals surface area (Å²) in [6.07, 6.45) is 0.547. The highest BCUT2D eigenvalue weighted by Crippen LogP contribution is 2.33. The molecule has 98 valence electrons. The van der Waals surface area contributed by atoms with Gasteiger partial charge < -0.3 is 4.74 Å². The number of ether oxygens (including phenoxy) is 1. The van der Waals surface area contributed by atoms with Gasteiger partial charge in [-0.1, -0.05) is 24.3 Å². The molecule has 4 heteroatoms. The number of hydrogen-bond donors (Lipinski definition) is 0. The molecule has 1 aromatic rings. The van der Waals surface area contributed by atoms with Gasteiger partial charge in [0.2, 0.25) is 0 Å². The second-order valence-electron chi connectivity index (χ2n) is 4.76. The van der Waals surface area contributed by atoms with Crippen molar-refractivity contribution in [2.24, 2.45) is 0 Å². The molecule has 2 aliphatic heterocycles. The van der Waals surface area contributed by atoms with E-state index in [9.17, 15) is 0 Å². The van der Waals surface area contributed by atoms with Crippen molar-refractivity contribution in [1.82, 2.24) is 0 Å². The van der Waals surface area contributed by atoms with Crippen LogP contribution in [0.15, 0.2) is 24.3 Å². The maximum atomic E-state index is 5.21. The van der Waals surface area contributed by atoms with E-state index in [0.29, 0.717) is 6.10 Å². The van der Waals surface area contributed by atoms with Gasteiger partial charge >= 0.3 is 0 Å². The lowest BCUT2D eigenvalue weighted by Crippen LogP contribution is -1.91. The highest BCUT2D eigenvalue weighted by molar-refractivity contribution is 8.08. The summed E-state index contributed by atoms with van der Waals surface area (Å²) in [5.74, 6) is 6.14. The smallest absolute Gasteiger partial charge is 0.0900 e. The molecule has 1 nitrogen and oxygen atoms in total. The topological polar surface area (TPSA) is 12.5 Å². The lowest BCUT2D eigenvalue weighted by atomic mass is 10.2. The molecule has 3 rings (SSSR count). The molecule has 2 aliphatic rings. The van der Waals surface area contributed by atoms with Crippen LogP contribution >= 0.6 is 35.3 Å². The van der Waals surface area contributed by atoms with Crippen molar-refractivity contribution in [1.29, 1.82) is 0 Å². The maximum absolute atomic E-state index is 5.21. The average Bonchev–Trinajstić information content (AvgIpc) is 3.25. The summed E-state index contributed by atoms with van der Waals surface area (Å²) in [5.41, 5.74) is 2.90. The molecule has 2 saturated heterocycles. The third-order valence-electron chi connectivity index (χ3n) is 2.97. The van der Waals surface area contributed by atoms with Crippen LogP contribution in [-0.2, 0) is 16.2 Å². The van der Waals surface area contributed by atoms with Gasteiger partial charge in [0.15, 0.2) is 0 Å². The summed E-state index contributed by atoms with van der Waals surface area (Å²) < 4.78 is 5.21. The fourth-order valence-corrected chi connectivity index (χ4v) is 4.68. The Kier molecular flexibility index (Phi) is 4.85. The molecule has 0 bridgehead atoms. The molecule has 0 spiro atoms. The normalized spacial score (nSPS) is 25.1. The number of thioether (sulfide) groups is 3. The van der Waals surface area contributed by atoms with E-state index in [1.165, 1.54) is 28.4 Å². The quantitative estimate of drug-likeness (QED) is 0.679. The van der Waals surface area contributed by atoms with E-state index in [1.54, 1.807) is 0 Å². The summed E-state index contributed by atoms with van der Waals surface area (Å²) in [5, 5.41) is 0.954. The van der Waals surface area contributed by atoms with Gasteiger partial charge in [-0.3, -0.25) is 0 Å². The Morgan fingerprint density at radius 2 is 1.61 bits per heavy atom. The van der Waals surface area contributed by atoms with Crippen molar-refractivity contribution in [2.45, 2.75) is 22.9 Å². The van der Waals surface area contributed by atoms with Crippen LogP contribution in [0.4, 0.5) is 0 Å². The van der Waals surface area contributed by atoms with Gasteiger partial charge in [0.25, 0.3) is 0 Å². The summed E-state index contributed by atoms with van der Waals surface area (Å²) >= 11 is 6.14. The fourth-order valence-electron chi connectivity index (χ4n) is 1.68. The number of benzene rings is 1. The van der Waals surface area contributed by atoms with Crippen LogP contribution in [-0.4, -0.2) is 35.2 Å². The lowest BCUT2D eigenvalue weighted by Gasteiger charge is -2.04. The summed E-state index contributed by atoms with van der Waals surface area (Å²) in [6.45, 7) is 0.975. The highest BCUT2D eigenvalue weighted by Gasteiger charge is 2.22. The zero-order valence-electron chi connectivity index (χ0n) is 10.3. The van der Waals surface area contributed by atoms with E-state index in [1.807, 2.05) is 11.8 Å². The van der Waals surface area contributed by atoms with Crippen molar-refractivity contribution in [3.63, 3.8) is 0 Å². The summed E-state index contributed by atoms with van der Waals surface area (Å²) in [4.78, 5) is 0. The van der Waals surface area contributed by atoms with E-state index in [2.05, 4.69) is 47.8 Å².